The van der Waals surface area contributed by atoms with E-state index in [1.165, 1.54) is 13.4 Å². The Morgan fingerprint density at radius 1 is 1.06 bits per heavy atom. The first kappa shape index (κ1) is 21.1. The van der Waals surface area contributed by atoms with Crippen LogP contribution >= 0.6 is 11.6 Å². The fraction of sp³-hybridized carbons (Fsp3) is 0.208. The number of primary amides is 1. The van der Waals surface area contributed by atoms with Gasteiger partial charge in [-0.3, -0.25) is 14.6 Å². The predicted molar refractivity (Wildman–Crippen MR) is 123 cm³/mol. The zero-order valence-corrected chi connectivity index (χ0v) is 18.5. The Kier molecular flexibility index (Phi) is 5.30. The van der Waals surface area contributed by atoms with Crippen LogP contribution in [0.25, 0.3) is 21.9 Å². The molecule has 1 aliphatic heterocycles. The molecule has 1 saturated heterocycles. The summed E-state index contributed by atoms with van der Waals surface area (Å²) in [7, 11) is 1.45. The minimum absolute atomic E-state index is 0.0657. The average molecular weight is 466 g/mol. The molecular formula is C24H20ClN3O5. The lowest BCUT2D eigenvalue weighted by Gasteiger charge is -2.14. The first-order chi connectivity index (χ1) is 16.0. The van der Waals surface area contributed by atoms with E-state index in [9.17, 15) is 9.59 Å². The summed E-state index contributed by atoms with van der Waals surface area (Å²) in [6.07, 6.45) is 5.04. The van der Waals surface area contributed by atoms with Crippen molar-refractivity contribution >= 4 is 45.3 Å². The Morgan fingerprint density at radius 2 is 1.85 bits per heavy atom. The zero-order valence-electron chi connectivity index (χ0n) is 17.8. The summed E-state index contributed by atoms with van der Waals surface area (Å²) in [5.74, 6) is 0.386. The normalized spacial score (nSPS) is 13.6. The van der Waals surface area contributed by atoms with Crippen LogP contribution in [-0.2, 0) is 0 Å². The van der Waals surface area contributed by atoms with Crippen molar-refractivity contribution < 1.29 is 23.5 Å². The number of nitrogens with two attached hydrogens (primary N) is 1. The summed E-state index contributed by atoms with van der Waals surface area (Å²) in [4.78, 5) is 30.8. The zero-order chi connectivity index (χ0) is 23.1. The van der Waals surface area contributed by atoms with Gasteiger partial charge in [-0.05, 0) is 31.0 Å². The molecule has 3 heterocycles. The summed E-state index contributed by atoms with van der Waals surface area (Å²) >= 11 is 6.53. The molecule has 2 aromatic heterocycles. The largest absolute Gasteiger partial charge is 0.496 e. The number of furan rings is 1. The molecule has 0 saturated carbocycles. The first-order valence-corrected chi connectivity index (χ1v) is 10.8. The monoisotopic (exact) mass is 465 g/mol. The minimum Gasteiger partial charge on any atom is -0.496 e. The third kappa shape index (κ3) is 3.72. The maximum atomic E-state index is 12.8. The van der Waals surface area contributed by atoms with Crippen LogP contribution in [0.3, 0.4) is 0 Å². The topological polar surface area (TPSA) is 108 Å². The molecule has 2 aromatic carbocycles. The van der Waals surface area contributed by atoms with Gasteiger partial charge in [0.15, 0.2) is 0 Å². The Labute approximate surface area is 193 Å². The Hall–Kier alpha value is -3.78. The third-order valence-electron chi connectivity index (χ3n) is 5.76. The molecule has 0 unspecified atom stereocenters. The lowest BCUT2D eigenvalue weighted by atomic mass is 10.1. The van der Waals surface area contributed by atoms with Crippen LogP contribution in [0.2, 0.25) is 5.02 Å². The van der Waals surface area contributed by atoms with Gasteiger partial charge in [-0.2, -0.15) is 0 Å². The summed E-state index contributed by atoms with van der Waals surface area (Å²) in [5.41, 5.74) is 7.23. The van der Waals surface area contributed by atoms with Crippen LogP contribution in [0.15, 0.2) is 47.2 Å². The van der Waals surface area contributed by atoms with E-state index < -0.39 is 5.91 Å². The second-order valence-electron chi connectivity index (χ2n) is 7.77. The van der Waals surface area contributed by atoms with E-state index in [2.05, 4.69) is 4.98 Å². The van der Waals surface area contributed by atoms with Crippen molar-refractivity contribution in [2.75, 3.05) is 20.2 Å². The standard InChI is InChI=1S/C24H20ClN3O5/c1-31-20-10-18-14(8-15(20)23(26)29)19(4-5-27-18)33-22-11-21-13(9-17(22)25)16(12-32-21)24(30)28-6-2-3-7-28/h4-5,8-12H,2-3,6-7H2,1H3,(H2,26,29). The predicted octanol–water partition coefficient (Wildman–Crippen LogP) is 4.77. The van der Waals surface area contributed by atoms with Crippen molar-refractivity contribution in [3.8, 4) is 17.2 Å². The number of ether oxygens (including phenoxy) is 2. The summed E-state index contributed by atoms with van der Waals surface area (Å²) in [6, 6.07) is 8.16. The highest BCUT2D eigenvalue weighted by molar-refractivity contribution is 6.33. The number of rotatable bonds is 5. The highest BCUT2D eigenvalue weighted by atomic mass is 35.5. The van der Waals surface area contributed by atoms with Crippen LogP contribution in [0, 0.1) is 0 Å². The fourth-order valence-electron chi connectivity index (χ4n) is 4.08. The van der Waals surface area contributed by atoms with Gasteiger partial charge in [0.25, 0.3) is 11.8 Å². The number of nitrogens with zero attached hydrogens (tertiary/aromatic N) is 2. The number of hydrogen-bond donors (Lipinski definition) is 1. The molecule has 0 atom stereocenters. The fourth-order valence-corrected chi connectivity index (χ4v) is 4.28. The van der Waals surface area contributed by atoms with Gasteiger partial charge < -0.3 is 24.5 Å². The lowest BCUT2D eigenvalue weighted by molar-refractivity contribution is 0.0793. The van der Waals surface area contributed by atoms with Gasteiger partial charge in [0, 0.05) is 42.2 Å². The van der Waals surface area contributed by atoms with Crippen molar-refractivity contribution in [3.05, 3.63) is 58.9 Å². The van der Waals surface area contributed by atoms with Crippen LogP contribution in [0.5, 0.6) is 17.2 Å². The molecule has 1 aliphatic rings. The van der Waals surface area contributed by atoms with E-state index in [0.717, 1.165) is 25.9 Å². The molecule has 9 heteroatoms. The van der Waals surface area contributed by atoms with Crippen molar-refractivity contribution in [2.24, 2.45) is 5.73 Å². The molecule has 33 heavy (non-hydrogen) atoms. The van der Waals surface area contributed by atoms with Crippen molar-refractivity contribution in [1.29, 1.82) is 0 Å². The molecule has 8 nitrogen and oxygen atoms in total. The van der Waals surface area contributed by atoms with Gasteiger partial charge in [0.2, 0.25) is 0 Å². The molecule has 4 aromatic rings. The quantitative estimate of drug-likeness (QED) is 0.454. The van der Waals surface area contributed by atoms with E-state index in [1.807, 2.05) is 4.90 Å². The van der Waals surface area contributed by atoms with Crippen LogP contribution < -0.4 is 15.2 Å². The molecule has 0 radical (unpaired) electrons. The van der Waals surface area contributed by atoms with Crippen LogP contribution in [0.1, 0.15) is 33.6 Å². The van der Waals surface area contributed by atoms with Gasteiger partial charge in [-0.1, -0.05) is 11.6 Å². The molecule has 2 amide bonds. The first-order valence-electron chi connectivity index (χ1n) is 10.4. The van der Waals surface area contributed by atoms with Crippen molar-refractivity contribution in [1.82, 2.24) is 9.88 Å². The van der Waals surface area contributed by atoms with Crippen molar-refractivity contribution in [3.63, 3.8) is 0 Å². The van der Waals surface area contributed by atoms with Crippen molar-refractivity contribution in [2.45, 2.75) is 12.8 Å². The van der Waals surface area contributed by atoms with Crippen LogP contribution in [0.4, 0.5) is 0 Å². The highest BCUT2D eigenvalue weighted by Gasteiger charge is 2.24. The number of fused-ring (bicyclic) bond motifs is 2. The number of hydrogen-bond acceptors (Lipinski definition) is 6. The maximum absolute atomic E-state index is 12.8. The number of amides is 2. The number of carbonyl (C=O) groups excluding carboxylic acids is 2. The molecule has 2 N–H and O–H groups in total. The van der Waals surface area contributed by atoms with Gasteiger partial charge in [0.05, 0.1) is 28.8 Å². The molecule has 168 valence electrons. The molecule has 0 bridgehead atoms. The SMILES string of the molecule is COc1cc2nccc(Oc3cc4occ(C(=O)N5CCCC5)c4cc3Cl)c2cc1C(N)=O. The Bertz CT molecular complexity index is 1410. The van der Waals surface area contributed by atoms with Crippen LogP contribution in [-0.4, -0.2) is 41.9 Å². The smallest absolute Gasteiger partial charge is 0.257 e. The maximum Gasteiger partial charge on any atom is 0.257 e. The second-order valence-corrected chi connectivity index (χ2v) is 8.18. The Morgan fingerprint density at radius 3 is 2.58 bits per heavy atom. The average Bonchev–Trinajstić information content (AvgIpc) is 3.48. The number of pyridine rings is 1. The van der Waals surface area contributed by atoms with Gasteiger partial charge in [-0.25, -0.2) is 0 Å². The Balaban J connectivity index is 1.54. The number of likely N-dealkylation sites (tertiary alicyclic amines) is 1. The second kappa shape index (κ2) is 8.29. The summed E-state index contributed by atoms with van der Waals surface area (Å²) in [6.45, 7) is 1.49. The molecular weight excluding hydrogens is 446 g/mol. The number of methoxy groups -OCH3 is 1. The van der Waals surface area contributed by atoms with E-state index in [4.69, 9.17) is 31.2 Å². The number of carbonyl (C=O) groups is 2. The minimum atomic E-state index is -0.631. The molecule has 0 aliphatic carbocycles. The number of benzene rings is 2. The molecule has 0 spiro atoms. The summed E-state index contributed by atoms with van der Waals surface area (Å²) in [5, 5.41) is 1.50. The van der Waals surface area contributed by atoms with E-state index in [-0.39, 0.29) is 11.5 Å². The third-order valence-corrected chi connectivity index (χ3v) is 6.06. The van der Waals surface area contributed by atoms with E-state index >= 15 is 0 Å². The molecule has 1 fully saturated rings. The molecule has 5 rings (SSSR count). The van der Waals surface area contributed by atoms with Gasteiger partial charge in [-0.15, -0.1) is 0 Å². The number of aromatic nitrogens is 1. The summed E-state index contributed by atoms with van der Waals surface area (Å²) < 4.78 is 17.0. The highest BCUT2D eigenvalue weighted by Crippen LogP contribution is 2.39. The lowest BCUT2D eigenvalue weighted by Crippen LogP contribution is -2.27. The van der Waals surface area contributed by atoms with Gasteiger partial charge >= 0.3 is 0 Å². The van der Waals surface area contributed by atoms with E-state index in [0.29, 0.717) is 49.7 Å². The van der Waals surface area contributed by atoms with E-state index in [1.54, 1.807) is 36.5 Å². The number of halogens is 1. The van der Waals surface area contributed by atoms with Gasteiger partial charge in [0.1, 0.15) is 29.1 Å².